The van der Waals surface area contributed by atoms with E-state index in [2.05, 4.69) is 472 Å². The van der Waals surface area contributed by atoms with Crippen LogP contribution in [0.5, 0.6) is 0 Å². The smallest absolute Gasteiger partial charge is 0.0788 e. The Balaban J connectivity index is 0.000000134. The van der Waals surface area contributed by atoms with Crippen molar-refractivity contribution in [2.75, 3.05) is 0 Å². The first-order chi connectivity index (χ1) is 60.5. The van der Waals surface area contributed by atoms with Crippen molar-refractivity contribution < 1.29 is 0 Å². The molecule has 5 aromatic heterocycles. The first-order valence-electron chi connectivity index (χ1n) is 42.2. The van der Waals surface area contributed by atoms with E-state index in [1.807, 2.05) is 0 Å². The van der Waals surface area contributed by atoms with Crippen LogP contribution in [-0.4, -0.2) is 22.8 Å². The fraction of sp³-hybridized carbons (Fsp3) is 0.00855. The van der Waals surface area contributed by atoms with E-state index in [4.69, 9.17) is 0 Å². The molecular formula is C117H75N5. The van der Waals surface area contributed by atoms with E-state index in [1.165, 1.54) is 209 Å². The largest absolute Gasteiger partial charge is 0.309 e. The lowest BCUT2D eigenvalue weighted by Gasteiger charge is -2.16. The van der Waals surface area contributed by atoms with Gasteiger partial charge in [0, 0.05) is 88.2 Å². The fourth-order valence-electron chi connectivity index (χ4n) is 20.5. The highest BCUT2D eigenvalue weighted by Gasteiger charge is 2.32. The molecule has 0 N–H and O–H groups in total. The third-order valence-electron chi connectivity index (χ3n) is 25.9. The van der Waals surface area contributed by atoms with E-state index in [-0.39, 0.29) is 5.92 Å². The van der Waals surface area contributed by atoms with Crippen LogP contribution in [0.3, 0.4) is 0 Å². The van der Waals surface area contributed by atoms with Crippen molar-refractivity contribution in [2.45, 2.75) is 5.92 Å². The summed E-state index contributed by atoms with van der Waals surface area (Å²) in [5.41, 5.74) is 34.1. The number of rotatable bonds is 10. The summed E-state index contributed by atoms with van der Waals surface area (Å²) in [7, 11) is 0. The molecule has 0 fully saturated rings. The zero-order valence-corrected chi connectivity index (χ0v) is 66.5. The number of hydrogen-bond donors (Lipinski definition) is 0. The summed E-state index contributed by atoms with van der Waals surface area (Å²) >= 11 is 0. The van der Waals surface area contributed by atoms with Gasteiger partial charge >= 0.3 is 0 Å². The monoisotopic (exact) mass is 1550 g/mol. The van der Waals surface area contributed by atoms with Crippen LogP contribution >= 0.6 is 0 Å². The van der Waals surface area contributed by atoms with E-state index in [1.54, 1.807) is 0 Å². The summed E-state index contributed by atoms with van der Waals surface area (Å²) < 4.78 is 12.3. The van der Waals surface area contributed by atoms with Crippen LogP contribution in [0.1, 0.15) is 22.6 Å². The molecule has 20 aromatic carbocycles. The van der Waals surface area contributed by atoms with Crippen molar-refractivity contribution in [3.05, 3.63) is 466 Å². The molecule has 0 radical (unpaired) electrons. The summed E-state index contributed by atoms with van der Waals surface area (Å²) in [6.45, 7) is 0. The van der Waals surface area contributed by atoms with Crippen molar-refractivity contribution in [3.63, 3.8) is 0 Å². The zero-order chi connectivity index (χ0) is 80.0. The second-order valence-corrected chi connectivity index (χ2v) is 32.6. The molecule has 568 valence electrons. The Bertz CT molecular complexity index is 8570. The Labute approximate surface area is 704 Å². The van der Waals surface area contributed by atoms with Gasteiger partial charge in [0.25, 0.3) is 0 Å². The standard InChI is InChI=1S/C59H38N2.C58H37N3/c1-3-14-38(15-4-1)41-18-13-21-46(35-41)61-56-33-29-43(37-54(56)52-32-31-51-48-23-11-12-25-55(48)60(58(51)59(52)61)45-19-5-2-6-20-45)42-28-30-50-53(36-42)47-22-9-10-24-49(47)57(50)44-27-26-39-16-7-8-17-40(39)34-44;1-3-14-38(15-4-1)41-18-13-21-45(34-41)61-55-32-28-43(37-51(55)48-30-33-56-57(58(48)61)49-23-10-12-25-53(49)59(56)44-19-5-2-6-20-44)42-27-31-54-50(36-42)47-22-9-11-24-52(47)60(54)46-29-26-39-16-7-8-17-40(39)35-46/h1-37,57H;1-37H. The number of nitrogens with zero attached hydrogens (tertiary/aromatic N) is 5. The fourth-order valence-corrected chi connectivity index (χ4v) is 20.5. The van der Waals surface area contributed by atoms with Gasteiger partial charge in [-0.05, 0) is 221 Å². The number of benzene rings is 20. The van der Waals surface area contributed by atoms with E-state index in [9.17, 15) is 0 Å². The topological polar surface area (TPSA) is 24.6 Å². The molecule has 5 nitrogen and oxygen atoms in total. The maximum atomic E-state index is 2.51. The maximum Gasteiger partial charge on any atom is 0.0788 e. The Kier molecular flexibility index (Phi) is 15.7. The van der Waals surface area contributed by atoms with Gasteiger partial charge in [0.1, 0.15) is 0 Å². The minimum Gasteiger partial charge on any atom is -0.309 e. The minimum atomic E-state index is 0.190. The lowest BCUT2D eigenvalue weighted by atomic mass is 9.87. The second-order valence-electron chi connectivity index (χ2n) is 32.6. The molecule has 0 saturated heterocycles. The van der Waals surface area contributed by atoms with Crippen molar-refractivity contribution in [1.82, 2.24) is 22.8 Å². The molecule has 5 heterocycles. The Morgan fingerprint density at radius 2 is 0.516 bits per heavy atom. The Morgan fingerprint density at radius 1 is 0.156 bits per heavy atom. The molecule has 0 spiro atoms. The molecular weight excluding hydrogens is 1480 g/mol. The number of fused-ring (bicyclic) bond motifs is 22. The van der Waals surface area contributed by atoms with Crippen LogP contribution < -0.4 is 0 Å². The van der Waals surface area contributed by atoms with Crippen molar-refractivity contribution >= 4 is 131 Å². The van der Waals surface area contributed by atoms with E-state index >= 15 is 0 Å². The number of aromatic nitrogens is 5. The van der Waals surface area contributed by atoms with Gasteiger partial charge in [-0.1, -0.05) is 322 Å². The molecule has 1 aliphatic rings. The van der Waals surface area contributed by atoms with Gasteiger partial charge in [0.2, 0.25) is 0 Å². The molecule has 26 rings (SSSR count). The van der Waals surface area contributed by atoms with Gasteiger partial charge < -0.3 is 22.8 Å². The van der Waals surface area contributed by atoms with Gasteiger partial charge in [-0.25, -0.2) is 0 Å². The SMILES string of the molecule is c1ccc(-c2cccc(-n3c4ccc(-c5ccc6c(c5)-c5ccccc5C6c5ccc6ccccc6c5)cc4c4ccc5c6ccccc6n(-c6ccccc6)c5c43)c2)cc1.c1ccc(-c2cccc(-n3c4ccc(-c5ccc6c(c5)c5ccccc5n6-c5ccc6ccccc6c5)cc4c4ccc5c(c6ccccc6n5-c5ccccc5)c43)c2)cc1. The van der Waals surface area contributed by atoms with Crippen LogP contribution in [0.25, 0.3) is 215 Å². The molecule has 0 bridgehead atoms. The molecule has 0 amide bonds. The van der Waals surface area contributed by atoms with Crippen LogP contribution in [0.15, 0.2) is 449 Å². The van der Waals surface area contributed by atoms with Crippen molar-refractivity contribution in [1.29, 1.82) is 0 Å². The third-order valence-corrected chi connectivity index (χ3v) is 25.9. The average molecular weight is 1550 g/mol. The first-order valence-corrected chi connectivity index (χ1v) is 42.2. The molecule has 1 unspecified atom stereocenters. The van der Waals surface area contributed by atoms with E-state index < -0.39 is 0 Å². The van der Waals surface area contributed by atoms with Crippen LogP contribution in [0.2, 0.25) is 0 Å². The van der Waals surface area contributed by atoms with Gasteiger partial charge in [0.05, 0.1) is 55.2 Å². The summed E-state index contributed by atoms with van der Waals surface area (Å²) in [6, 6.07) is 165. The number of para-hydroxylation sites is 5. The van der Waals surface area contributed by atoms with Crippen LogP contribution in [-0.2, 0) is 0 Å². The maximum absolute atomic E-state index is 2.51. The predicted octanol–water partition coefficient (Wildman–Crippen LogP) is 31.0. The molecule has 0 saturated carbocycles. The Hall–Kier alpha value is -16.1. The molecule has 122 heavy (non-hydrogen) atoms. The highest BCUT2D eigenvalue weighted by atomic mass is 15.1. The van der Waals surface area contributed by atoms with Gasteiger partial charge in [0.15, 0.2) is 0 Å². The lowest BCUT2D eigenvalue weighted by molar-refractivity contribution is 1.02. The molecule has 25 aromatic rings. The predicted molar refractivity (Wildman–Crippen MR) is 514 cm³/mol. The molecule has 5 heteroatoms. The van der Waals surface area contributed by atoms with Gasteiger partial charge in [-0.15, -0.1) is 0 Å². The Morgan fingerprint density at radius 3 is 1.13 bits per heavy atom. The summed E-state index contributed by atoms with van der Waals surface area (Å²) in [6.07, 6.45) is 0. The minimum absolute atomic E-state index is 0.190. The second kappa shape index (κ2) is 27.8. The highest BCUT2D eigenvalue weighted by Crippen LogP contribution is 2.52. The van der Waals surface area contributed by atoms with Gasteiger partial charge in [-0.2, -0.15) is 0 Å². The third kappa shape index (κ3) is 10.9. The normalized spacial score (nSPS) is 12.7. The first kappa shape index (κ1) is 69.1. The lowest BCUT2D eigenvalue weighted by Crippen LogP contribution is -1.99. The van der Waals surface area contributed by atoms with Crippen LogP contribution in [0.4, 0.5) is 0 Å². The molecule has 0 aliphatic heterocycles. The van der Waals surface area contributed by atoms with Crippen molar-refractivity contribution in [2.24, 2.45) is 0 Å². The molecule has 1 aliphatic carbocycles. The van der Waals surface area contributed by atoms with E-state index in [0.717, 1.165) is 22.7 Å². The summed E-state index contributed by atoms with van der Waals surface area (Å²) in [5, 5.41) is 17.5. The average Bonchev–Trinajstić information content (AvgIpc) is 1.54. The number of hydrogen-bond acceptors (Lipinski definition) is 0. The van der Waals surface area contributed by atoms with Gasteiger partial charge in [-0.3, -0.25) is 0 Å². The summed E-state index contributed by atoms with van der Waals surface area (Å²) in [5.74, 6) is 0.190. The summed E-state index contributed by atoms with van der Waals surface area (Å²) in [4.78, 5) is 0. The van der Waals surface area contributed by atoms with Crippen molar-refractivity contribution in [3.8, 4) is 84.1 Å². The highest BCUT2D eigenvalue weighted by molar-refractivity contribution is 6.28. The molecule has 1 atom stereocenters. The van der Waals surface area contributed by atoms with E-state index in [0.29, 0.717) is 0 Å². The van der Waals surface area contributed by atoms with Crippen LogP contribution in [0, 0.1) is 0 Å². The quantitative estimate of drug-likeness (QED) is 0.130. The zero-order valence-electron chi connectivity index (χ0n) is 66.5.